The number of hydrogen-bond donors (Lipinski definition) is 0. The second kappa shape index (κ2) is 4.90. The van der Waals surface area contributed by atoms with Gasteiger partial charge < -0.3 is 4.74 Å². The predicted molar refractivity (Wildman–Crippen MR) is 70.2 cm³/mol. The molecule has 0 bridgehead atoms. The average molecular weight is 264 g/mol. The summed E-state index contributed by atoms with van der Waals surface area (Å²) in [6.07, 6.45) is 0. The van der Waals surface area contributed by atoms with E-state index in [4.69, 9.17) is 4.74 Å². The number of rotatable bonds is 3. The molecular weight excluding hydrogens is 251 g/mol. The van der Waals surface area contributed by atoms with Crippen molar-refractivity contribution in [3.8, 4) is 5.75 Å². The Hall–Kier alpha value is -1.68. The lowest BCUT2D eigenvalue weighted by Crippen LogP contribution is -2.05. The van der Waals surface area contributed by atoms with Crippen molar-refractivity contribution in [3.63, 3.8) is 0 Å². The maximum atomic E-state index is 13.2. The number of aryl methyl sites for hydroxylation is 2. The molecule has 1 heterocycles. The summed E-state index contributed by atoms with van der Waals surface area (Å²) in [6, 6.07) is 4.46. The Morgan fingerprint density at radius 1 is 1.22 bits per heavy atom. The van der Waals surface area contributed by atoms with Gasteiger partial charge in [-0.1, -0.05) is 0 Å². The summed E-state index contributed by atoms with van der Waals surface area (Å²) in [5, 5.41) is 1.78. The Balaban J connectivity index is 2.46. The summed E-state index contributed by atoms with van der Waals surface area (Å²) in [5.41, 5.74) is 1.88. The van der Waals surface area contributed by atoms with E-state index in [1.54, 1.807) is 32.4 Å². The number of ketones is 1. The SMILES string of the molecule is COc1csc(C(=O)c2c(C)cc(F)cc2C)c1. The molecular formula is C14H13FO2S. The van der Waals surface area contributed by atoms with Crippen LogP contribution in [0.1, 0.15) is 26.4 Å². The van der Waals surface area contributed by atoms with E-state index in [2.05, 4.69) is 0 Å². The van der Waals surface area contributed by atoms with Crippen molar-refractivity contribution < 1.29 is 13.9 Å². The highest BCUT2D eigenvalue weighted by Gasteiger charge is 2.17. The lowest BCUT2D eigenvalue weighted by molar-refractivity contribution is 0.104. The van der Waals surface area contributed by atoms with E-state index in [9.17, 15) is 9.18 Å². The van der Waals surface area contributed by atoms with Gasteiger partial charge in [0.15, 0.2) is 0 Å². The Bertz CT molecular complexity index is 579. The van der Waals surface area contributed by atoms with Gasteiger partial charge in [-0.25, -0.2) is 4.39 Å². The molecule has 1 aromatic carbocycles. The Morgan fingerprint density at radius 2 is 1.83 bits per heavy atom. The summed E-state index contributed by atoms with van der Waals surface area (Å²) >= 11 is 1.33. The zero-order valence-corrected chi connectivity index (χ0v) is 11.2. The third-order valence-corrected chi connectivity index (χ3v) is 3.67. The summed E-state index contributed by atoms with van der Waals surface area (Å²) in [6.45, 7) is 3.49. The minimum atomic E-state index is -0.315. The average Bonchev–Trinajstić information content (AvgIpc) is 2.75. The number of methoxy groups -OCH3 is 1. The van der Waals surface area contributed by atoms with Gasteiger partial charge in [0.2, 0.25) is 5.78 Å². The van der Waals surface area contributed by atoms with Crippen LogP contribution < -0.4 is 4.74 Å². The van der Waals surface area contributed by atoms with E-state index in [1.165, 1.54) is 23.5 Å². The van der Waals surface area contributed by atoms with Crippen molar-refractivity contribution >= 4 is 17.1 Å². The van der Waals surface area contributed by atoms with Gasteiger partial charge in [0.25, 0.3) is 0 Å². The number of benzene rings is 1. The molecule has 0 aliphatic rings. The van der Waals surface area contributed by atoms with Crippen molar-refractivity contribution in [1.29, 1.82) is 0 Å². The van der Waals surface area contributed by atoms with Crippen molar-refractivity contribution in [2.45, 2.75) is 13.8 Å². The van der Waals surface area contributed by atoms with E-state index in [0.29, 0.717) is 27.3 Å². The molecule has 0 fully saturated rings. The third-order valence-electron chi connectivity index (χ3n) is 2.76. The van der Waals surface area contributed by atoms with Gasteiger partial charge in [0, 0.05) is 17.0 Å². The summed E-state index contributed by atoms with van der Waals surface area (Å²) in [5.74, 6) is 0.268. The normalized spacial score (nSPS) is 10.4. The molecule has 0 N–H and O–H groups in total. The standard InChI is InChI=1S/C14H13FO2S/c1-8-4-10(15)5-9(2)13(8)14(16)12-6-11(17-3)7-18-12/h4-7H,1-3H3. The molecule has 0 spiro atoms. The number of thiophene rings is 1. The number of ether oxygens (including phenoxy) is 1. The van der Waals surface area contributed by atoms with Crippen LogP contribution >= 0.6 is 11.3 Å². The van der Waals surface area contributed by atoms with Crippen LogP contribution in [0.4, 0.5) is 4.39 Å². The minimum Gasteiger partial charge on any atom is -0.496 e. The molecule has 0 saturated heterocycles. The first-order valence-electron chi connectivity index (χ1n) is 5.47. The smallest absolute Gasteiger partial charge is 0.203 e. The van der Waals surface area contributed by atoms with Gasteiger partial charge in [0.05, 0.1) is 12.0 Å². The van der Waals surface area contributed by atoms with Crippen molar-refractivity contribution in [2.24, 2.45) is 0 Å². The molecule has 0 aliphatic heterocycles. The maximum Gasteiger partial charge on any atom is 0.203 e. The van der Waals surface area contributed by atoms with Gasteiger partial charge >= 0.3 is 0 Å². The highest BCUT2D eigenvalue weighted by atomic mass is 32.1. The van der Waals surface area contributed by atoms with Crippen molar-refractivity contribution in [1.82, 2.24) is 0 Å². The molecule has 0 aliphatic carbocycles. The summed E-state index contributed by atoms with van der Waals surface area (Å²) in [4.78, 5) is 13.0. The molecule has 1 aromatic heterocycles. The molecule has 2 aromatic rings. The predicted octanol–water partition coefficient (Wildman–Crippen LogP) is 3.74. The van der Waals surface area contributed by atoms with E-state index in [1.807, 2.05) is 0 Å². The summed E-state index contributed by atoms with van der Waals surface area (Å²) in [7, 11) is 1.56. The van der Waals surface area contributed by atoms with Crippen LogP contribution in [0.25, 0.3) is 0 Å². The number of halogens is 1. The molecule has 18 heavy (non-hydrogen) atoms. The van der Waals surface area contributed by atoms with Crippen LogP contribution in [0, 0.1) is 19.7 Å². The second-order valence-electron chi connectivity index (χ2n) is 4.09. The van der Waals surface area contributed by atoms with Gasteiger partial charge in [-0.05, 0) is 37.1 Å². The lowest BCUT2D eigenvalue weighted by Gasteiger charge is -2.07. The molecule has 0 atom stereocenters. The van der Waals surface area contributed by atoms with Crippen LogP contribution in [0.3, 0.4) is 0 Å². The van der Waals surface area contributed by atoms with Crippen LogP contribution in [-0.2, 0) is 0 Å². The Labute approximate surface area is 109 Å². The first kappa shape index (κ1) is 12.8. The fourth-order valence-electron chi connectivity index (χ4n) is 1.94. The number of carbonyl (C=O) groups excluding carboxylic acids is 1. The Kier molecular flexibility index (Phi) is 3.48. The van der Waals surface area contributed by atoms with E-state index in [-0.39, 0.29) is 11.6 Å². The molecule has 4 heteroatoms. The minimum absolute atomic E-state index is 0.0849. The molecule has 2 nitrogen and oxygen atoms in total. The largest absolute Gasteiger partial charge is 0.496 e. The van der Waals surface area contributed by atoms with Crippen LogP contribution in [0.15, 0.2) is 23.6 Å². The van der Waals surface area contributed by atoms with Gasteiger partial charge in [-0.3, -0.25) is 4.79 Å². The first-order valence-corrected chi connectivity index (χ1v) is 6.35. The molecule has 0 saturated carbocycles. The van der Waals surface area contributed by atoms with Crippen molar-refractivity contribution in [2.75, 3.05) is 7.11 Å². The third kappa shape index (κ3) is 2.29. The molecule has 0 amide bonds. The monoisotopic (exact) mass is 264 g/mol. The van der Waals surface area contributed by atoms with Crippen LogP contribution in [0.5, 0.6) is 5.75 Å². The molecule has 0 unspecified atom stereocenters. The van der Waals surface area contributed by atoms with E-state index < -0.39 is 0 Å². The zero-order valence-electron chi connectivity index (χ0n) is 10.4. The highest BCUT2D eigenvalue weighted by Crippen LogP contribution is 2.26. The maximum absolute atomic E-state index is 13.2. The fourth-order valence-corrected chi connectivity index (χ4v) is 2.74. The lowest BCUT2D eigenvalue weighted by atomic mass is 9.98. The fraction of sp³-hybridized carbons (Fsp3) is 0.214. The molecule has 0 radical (unpaired) electrons. The molecule has 2 rings (SSSR count). The number of carbonyl (C=O) groups is 1. The van der Waals surface area contributed by atoms with Crippen molar-refractivity contribution in [3.05, 3.63) is 51.0 Å². The quantitative estimate of drug-likeness (QED) is 0.789. The molecule has 94 valence electrons. The van der Waals surface area contributed by atoms with Gasteiger partial charge in [0.1, 0.15) is 11.6 Å². The van der Waals surface area contributed by atoms with Crippen LogP contribution in [-0.4, -0.2) is 12.9 Å². The highest BCUT2D eigenvalue weighted by molar-refractivity contribution is 7.12. The van der Waals surface area contributed by atoms with E-state index >= 15 is 0 Å². The zero-order chi connectivity index (χ0) is 13.3. The topological polar surface area (TPSA) is 26.3 Å². The van der Waals surface area contributed by atoms with Gasteiger partial charge in [-0.15, -0.1) is 11.3 Å². The second-order valence-corrected chi connectivity index (χ2v) is 5.01. The number of hydrogen-bond acceptors (Lipinski definition) is 3. The first-order chi connectivity index (χ1) is 8.52. The summed E-state index contributed by atoms with van der Waals surface area (Å²) < 4.78 is 18.3. The van der Waals surface area contributed by atoms with E-state index in [0.717, 1.165) is 0 Å². The van der Waals surface area contributed by atoms with Gasteiger partial charge in [-0.2, -0.15) is 0 Å². The van der Waals surface area contributed by atoms with Crippen LogP contribution in [0.2, 0.25) is 0 Å². The Morgan fingerprint density at radius 3 is 2.33 bits per heavy atom.